The second-order valence-corrected chi connectivity index (χ2v) is 6.68. The molecule has 3 heterocycles. The lowest BCUT2D eigenvalue weighted by atomic mass is 10.1. The fraction of sp³-hybridized carbons (Fsp3) is 0.300. The lowest BCUT2D eigenvalue weighted by Crippen LogP contribution is -2.39. The minimum atomic E-state index is -0.381. The Balaban J connectivity index is 1.54. The molecule has 0 saturated carbocycles. The van der Waals surface area contributed by atoms with Crippen molar-refractivity contribution in [2.45, 2.75) is 25.4 Å². The van der Waals surface area contributed by atoms with Gasteiger partial charge in [-0.25, -0.2) is 4.98 Å². The average Bonchev–Trinajstić information content (AvgIpc) is 3.22. The molecule has 7 heteroatoms. The number of aromatic amines is 1. The quantitative estimate of drug-likeness (QED) is 0.721. The molecule has 1 saturated heterocycles. The second kappa shape index (κ2) is 7.67. The molecule has 0 radical (unpaired) electrons. The Morgan fingerprint density at radius 3 is 2.78 bits per heavy atom. The summed E-state index contributed by atoms with van der Waals surface area (Å²) >= 11 is 0. The number of carbonyl (C=O) groups excluding carboxylic acids is 1. The first-order valence-corrected chi connectivity index (χ1v) is 9.12. The summed E-state index contributed by atoms with van der Waals surface area (Å²) in [5.74, 6) is 0.333. The van der Waals surface area contributed by atoms with Crippen molar-refractivity contribution >= 4 is 16.8 Å². The summed E-state index contributed by atoms with van der Waals surface area (Å²) in [5.41, 5.74) is 1.29. The van der Waals surface area contributed by atoms with Crippen molar-refractivity contribution in [3.63, 3.8) is 0 Å². The standard InChI is InChI=1S/C20H21N5O2/c26-19-15-7-1-2-8-16(15)23-17(24-19)13-22-20(27)18(25-10-3-4-11-25)14-6-5-9-21-12-14/h1-2,5-9,12,18H,3-4,10-11,13H2,(H,22,27)(H,23,24,26). The zero-order chi connectivity index (χ0) is 18.6. The molecule has 2 N–H and O–H groups in total. The van der Waals surface area contributed by atoms with Crippen LogP contribution in [0.3, 0.4) is 0 Å². The third kappa shape index (κ3) is 3.73. The van der Waals surface area contributed by atoms with Gasteiger partial charge in [0.05, 0.1) is 17.4 Å². The van der Waals surface area contributed by atoms with Crippen molar-refractivity contribution in [2.75, 3.05) is 13.1 Å². The van der Waals surface area contributed by atoms with E-state index in [0.29, 0.717) is 16.7 Å². The third-order valence-electron chi connectivity index (χ3n) is 4.85. The molecular formula is C20H21N5O2. The van der Waals surface area contributed by atoms with E-state index in [2.05, 4.69) is 25.2 Å². The molecule has 0 spiro atoms. The number of rotatable bonds is 5. The van der Waals surface area contributed by atoms with Gasteiger partial charge < -0.3 is 10.3 Å². The maximum absolute atomic E-state index is 13.0. The molecule has 1 aromatic carbocycles. The molecule has 27 heavy (non-hydrogen) atoms. The van der Waals surface area contributed by atoms with Crippen LogP contribution in [0, 0.1) is 0 Å². The number of H-pyrrole nitrogens is 1. The number of para-hydroxylation sites is 1. The first-order valence-electron chi connectivity index (χ1n) is 9.12. The number of benzene rings is 1. The van der Waals surface area contributed by atoms with Crippen LogP contribution in [-0.4, -0.2) is 38.8 Å². The van der Waals surface area contributed by atoms with Crippen LogP contribution in [0.25, 0.3) is 10.9 Å². The molecule has 1 unspecified atom stereocenters. The Morgan fingerprint density at radius 1 is 1.19 bits per heavy atom. The number of carbonyl (C=O) groups is 1. The molecule has 138 valence electrons. The first-order chi connectivity index (χ1) is 13.2. The number of pyridine rings is 1. The van der Waals surface area contributed by atoms with E-state index in [9.17, 15) is 9.59 Å². The van der Waals surface area contributed by atoms with Gasteiger partial charge in [0.15, 0.2) is 0 Å². The smallest absolute Gasteiger partial charge is 0.258 e. The topological polar surface area (TPSA) is 91.0 Å². The summed E-state index contributed by atoms with van der Waals surface area (Å²) in [6.45, 7) is 1.94. The van der Waals surface area contributed by atoms with Gasteiger partial charge in [-0.15, -0.1) is 0 Å². The van der Waals surface area contributed by atoms with Crippen LogP contribution in [0.1, 0.15) is 30.3 Å². The number of hydrogen-bond donors (Lipinski definition) is 2. The summed E-state index contributed by atoms with van der Waals surface area (Å²) in [7, 11) is 0. The fourth-order valence-corrected chi connectivity index (χ4v) is 3.55. The minimum Gasteiger partial charge on any atom is -0.347 e. The van der Waals surface area contributed by atoms with Crippen molar-refractivity contribution < 1.29 is 4.79 Å². The molecule has 1 fully saturated rings. The van der Waals surface area contributed by atoms with Gasteiger partial charge in [0, 0.05) is 12.4 Å². The zero-order valence-electron chi connectivity index (χ0n) is 14.9. The summed E-state index contributed by atoms with van der Waals surface area (Å²) < 4.78 is 0. The van der Waals surface area contributed by atoms with E-state index in [1.165, 1.54) is 0 Å². The fourth-order valence-electron chi connectivity index (χ4n) is 3.55. The molecule has 4 rings (SSSR count). The first kappa shape index (κ1) is 17.4. The van der Waals surface area contributed by atoms with Crippen LogP contribution in [0.2, 0.25) is 0 Å². The van der Waals surface area contributed by atoms with Gasteiger partial charge in [-0.3, -0.25) is 19.5 Å². The van der Waals surface area contributed by atoms with Gasteiger partial charge in [0.1, 0.15) is 11.9 Å². The number of hydrogen-bond acceptors (Lipinski definition) is 5. The maximum atomic E-state index is 13.0. The highest BCUT2D eigenvalue weighted by Crippen LogP contribution is 2.24. The van der Waals surface area contributed by atoms with Crippen molar-refractivity contribution in [3.05, 3.63) is 70.5 Å². The van der Waals surface area contributed by atoms with Crippen LogP contribution in [0.4, 0.5) is 0 Å². The molecule has 1 aliphatic rings. The minimum absolute atomic E-state index is 0.110. The second-order valence-electron chi connectivity index (χ2n) is 6.68. The van der Waals surface area contributed by atoms with Crippen molar-refractivity contribution in [2.24, 2.45) is 0 Å². The zero-order valence-corrected chi connectivity index (χ0v) is 14.9. The van der Waals surface area contributed by atoms with Crippen LogP contribution in [0.15, 0.2) is 53.6 Å². The van der Waals surface area contributed by atoms with Crippen LogP contribution >= 0.6 is 0 Å². The molecule has 2 aromatic heterocycles. The predicted octanol–water partition coefficient (Wildman–Crippen LogP) is 1.77. The highest BCUT2D eigenvalue weighted by Gasteiger charge is 2.29. The molecule has 7 nitrogen and oxygen atoms in total. The van der Waals surface area contributed by atoms with Crippen molar-refractivity contribution in [3.8, 4) is 0 Å². The number of nitrogens with one attached hydrogen (secondary N) is 2. The molecule has 0 aliphatic carbocycles. The van der Waals surface area contributed by atoms with Gasteiger partial charge in [-0.2, -0.15) is 0 Å². The summed E-state index contributed by atoms with van der Waals surface area (Å²) in [4.78, 5) is 38.7. The Morgan fingerprint density at radius 2 is 2.00 bits per heavy atom. The summed E-state index contributed by atoms with van der Waals surface area (Å²) in [5, 5.41) is 3.47. The van der Waals surface area contributed by atoms with E-state index in [1.807, 2.05) is 18.2 Å². The monoisotopic (exact) mass is 363 g/mol. The van der Waals surface area contributed by atoms with Crippen LogP contribution < -0.4 is 10.9 Å². The van der Waals surface area contributed by atoms with Crippen LogP contribution in [-0.2, 0) is 11.3 Å². The average molecular weight is 363 g/mol. The molecule has 1 amide bonds. The normalized spacial score (nSPS) is 15.7. The van der Waals surface area contributed by atoms with Gasteiger partial charge in [-0.05, 0) is 49.7 Å². The molecule has 0 bridgehead atoms. The highest BCUT2D eigenvalue weighted by atomic mass is 16.2. The lowest BCUT2D eigenvalue weighted by molar-refractivity contribution is -0.126. The van der Waals surface area contributed by atoms with E-state index >= 15 is 0 Å². The van der Waals surface area contributed by atoms with E-state index in [1.54, 1.807) is 30.6 Å². The Hall–Kier alpha value is -3.06. The van der Waals surface area contributed by atoms with Gasteiger partial charge in [-0.1, -0.05) is 18.2 Å². The maximum Gasteiger partial charge on any atom is 0.258 e. The number of aromatic nitrogens is 3. The van der Waals surface area contributed by atoms with Gasteiger partial charge in [0.2, 0.25) is 5.91 Å². The Kier molecular flexibility index (Phi) is 4.93. The van der Waals surface area contributed by atoms with E-state index in [4.69, 9.17) is 0 Å². The SMILES string of the molecule is O=C(NCc1nc2ccccc2c(=O)[nH]1)C(c1cccnc1)N1CCCC1. The van der Waals surface area contributed by atoms with Gasteiger partial charge in [0.25, 0.3) is 5.56 Å². The van der Waals surface area contributed by atoms with E-state index < -0.39 is 0 Å². The van der Waals surface area contributed by atoms with Gasteiger partial charge >= 0.3 is 0 Å². The number of amides is 1. The van der Waals surface area contributed by atoms with Crippen molar-refractivity contribution in [1.82, 2.24) is 25.2 Å². The predicted molar refractivity (Wildman–Crippen MR) is 102 cm³/mol. The number of fused-ring (bicyclic) bond motifs is 1. The molecule has 1 atom stereocenters. The van der Waals surface area contributed by atoms with Crippen LogP contribution in [0.5, 0.6) is 0 Å². The summed E-state index contributed by atoms with van der Waals surface area (Å²) in [6.07, 6.45) is 5.61. The largest absolute Gasteiger partial charge is 0.347 e. The lowest BCUT2D eigenvalue weighted by Gasteiger charge is -2.26. The molecule has 1 aliphatic heterocycles. The number of likely N-dealkylation sites (tertiary alicyclic amines) is 1. The number of nitrogens with zero attached hydrogens (tertiary/aromatic N) is 3. The Bertz CT molecular complexity index is 996. The third-order valence-corrected chi connectivity index (χ3v) is 4.85. The molecular weight excluding hydrogens is 342 g/mol. The van der Waals surface area contributed by atoms with Crippen molar-refractivity contribution in [1.29, 1.82) is 0 Å². The highest BCUT2D eigenvalue weighted by molar-refractivity contribution is 5.83. The van der Waals surface area contributed by atoms with E-state index in [-0.39, 0.29) is 24.1 Å². The Labute approximate surface area is 156 Å². The molecule has 3 aromatic rings. The van der Waals surface area contributed by atoms with E-state index in [0.717, 1.165) is 31.5 Å². The summed E-state index contributed by atoms with van der Waals surface area (Å²) in [6, 6.07) is 10.5.